The van der Waals surface area contributed by atoms with Gasteiger partial charge in [-0.3, -0.25) is 0 Å². The van der Waals surface area contributed by atoms with Crippen molar-refractivity contribution in [1.82, 2.24) is 9.97 Å². The quantitative estimate of drug-likeness (QED) is 0.697. The minimum absolute atomic E-state index is 0.824. The van der Waals surface area contributed by atoms with Crippen LogP contribution in [0.15, 0.2) is 29.9 Å². The lowest BCUT2D eigenvalue weighted by atomic mass is 10.1. The molecule has 0 atom stereocenters. The van der Waals surface area contributed by atoms with Crippen molar-refractivity contribution in [2.75, 3.05) is 10.6 Å². The fraction of sp³-hybridized carbons (Fsp3) is 0.200. The largest absolute Gasteiger partial charge is 0.399 e. The average Bonchev–Trinajstić information content (AvgIpc) is 3.02. The van der Waals surface area contributed by atoms with Crippen LogP contribution >= 0.6 is 11.3 Å². The van der Waals surface area contributed by atoms with E-state index < -0.39 is 0 Å². The number of hydrogen-bond acceptors (Lipinski definition) is 5. The molecule has 0 fully saturated rings. The second kappa shape index (κ2) is 4.18. The molecule has 20 heavy (non-hydrogen) atoms. The van der Waals surface area contributed by atoms with Crippen LogP contribution in [0.1, 0.15) is 16.7 Å². The van der Waals surface area contributed by atoms with Gasteiger partial charge in [0.1, 0.15) is 6.33 Å². The van der Waals surface area contributed by atoms with Crippen molar-refractivity contribution in [1.29, 1.82) is 0 Å². The number of nitrogens with two attached hydrogens (primary N) is 1. The van der Waals surface area contributed by atoms with Crippen LogP contribution in [-0.4, -0.2) is 9.97 Å². The number of rotatable bonds is 1. The van der Waals surface area contributed by atoms with Gasteiger partial charge < -0.3 is 10.6 Å². The maximum atomic E-state index is 5.87. The van der Waals surface area contributed by atoms with Crippen LogP contribution in [0.2, 0.25) is 0 Å². The number of thiophene rings is 1. The zero-order valence-corrected chi connectivity index (χ0v) is 11.9. The molecule has 3 heterocycles. The summed E-state index contributed by atoms with van der Waals surface area (Å²) in [5.41, 5.74) is 11.6. The van der Waals surface area contributed by atoms with Crippen molar-refractivity contribution in [3.63, 3.8) is 0 Å². The first-order valence-corrected chi connectivity index (χ1v) is 7.41. The highest BCUT2D eigenvalue weighted by Gasteiger charge is 2.22. The zero-order valence-electron chi connectivity index (χ0n) is 11.1. The molecule has 100 valence electrons. The average molecular weight is 282 g/mol. The van der Waals surface area contributed by atoms with Crippen molar-refractivity contribution < 1.29 is 0 Å². The molecule has 0 aliphatic carbocycles. The van der Waals surface area contributed by atoms with Crippen LogP contribution in [0, 0.1) is 6.92 Å². The molecule has 1 aromatic carbocycles. The number of fused-ring (bicyclic) bond motifs is 2. The Morgan fingerprint density at radius 3 is 2.95 bits per heavy atom. The van der Waals surface area contributed by atoms with Gasteiger partial charge in [-0.1, -0.05) is 6.07 Å². The van der Waals surface area contributed by atoms with Crippen LogP contribution in [0.3, 0.4) is 0 Å². The molecule has 5 heteroatoms. The summed E-state index contributed by atoms with van der Waals surface area (Å²) in [5, 5.41) is 2.14. The lowest BCUT2D eigenvalue weighted by molar-refractivity contribution is 0.861. The Bertz CT molecular complexity index is 809. The van der Waals surface area contributed by atoms with Gasteiger partial charge in [0.2, 0.25) is 0 Å². The van der Waals surface area contributed by atoms with E-state index in [1.807, 2.05) is 6.07 Å². The number of nitrogen functional groups attached to an aromatic ring is 1. The number of aromatic nitrogens is 2. The Balaban J connectivity index is 1.79. The molecule has 0 saturated heterocycles. The monoisotopic (exact) mass is 282 g/mol. The molecule has 1 aliphatic rings. The van der Waals surface area contributed by atoms with E-state index in [2.05, 4.69) is 39.3 Å². The maximum absolute atomic E-state index is 5.87. The van der Waals surface area contributed by atoms with Gasteiger partial charge in [-0.05, 0) is 41.1 Å². The van der Waals surface area contributed by atoms with Gasteiger partial charge in [0, 0.05) is 18.8 Å². The molecule has 0 bridgehead atoms. The van der Waals surface area contributed by atoms with Gasteiger partial charge in [0.05, 0.1) is 10.2 Å². The Morgan fingerprint density at radius 1 is 1.20 bits per heavy atom. The van der Waals surface area contributed by atoms with Crippen LogP contribution in [0.5, 0.6) is 0 Å². The summed E-state index contributed by atoms with van der Waals surface area (Å²) in [5.74, 6) is 1.03. The number of aryl methyl sites for hydroxylation is 1. The molecule has 2 N–H and O–H groups in total. The summed E-state index contributed by atoms with van der Waals surface area (Å²) in [7, 11) is 0. The molecule has 4 rings (SSSR count). The fourth-order valence-electron chi connectivity index (χ4n) is 2.75. The van der Waals surface area contributed by atoms with E-state index in [4.69, 9.17) is 5.73 Å². The van der Waals surface area contributed by atoms with Gasteiger partial charge in [0.15, 0.2) is 5.82 Å². The highest BCUT2D eigenvalue weighted by Crippen LogP contribution is 2.35. The molecule has 3 aromatic rings. The Morgan fingerprint density at radius 2 is 2.05 bits per heavy atom. The topological polar surface area (TPSA) is 55.0 Å². The lowest BCUT2D eigenvalue weighted by Crippen LogP contribution is -2.16. The van der Waals surface area contributed by atoms with Crippen molar-refractivity contribution >= 4 is 33.1 Å². The summed E-state index contributed by atoms with van der Waals surface area (Å²) >= 11 is 1.72. The van der Waals surface area contributed by atoms with E-state index >= 15 is 0 Å². The molecule has 0 amide bonds. The predicted molar refractivity (Wildman–Crippen MR) is 82.9 cm³/mol. The van der Waals surface area contributed by atoms with Crippen LogP contribution in [-0.2, 0) is 13.1 Å². The molecule has 4 nitrogen and oxygen atoms in total. The molecule has 0 spiro atoms. The van der Waals surface area contributed by atoms with Crippen molar-refractivity contribution in [3.8, 4) is 0 Å². The highest BCUT2D eigenvalue weighted by atomic mass is 32.1. The van der Waals surface area contributed by atoms with Gasteiger partial charge in [0.25, 0.3) is 0 Å². The third-order valence-electron chi connectivity index (χ3n) is 3.76. The number of hydrogen-bond donors (Lipinski definition) is 1. The molecular formula is C15H14N4S. The summed E-state index contributed by atoms with van der Waals surface area (Å²) in [4.78, 5) is 11.2. The Kier molecular flexibility index (Phi) is 2.44. The maximum Gasteiger partial charge on any atom is 0.150 e. The minimum Gasteiger partial charge on any atom is -0.399 e. The van der Waals surface area contributed by atoms with Crippen LogP contribution in [0.4, 0.5) is 11.5 Å². The number of nitrogens with zero attached hydrogens (tertiary/aromatic N) is 3. The molecule has 1 aliphatic heterocycles. The standard InChI is InChI=1S/C15H14N4S/c1-9-7-20-14-13(9)17-8-18-15(14)19-5-10-2-3-12(16)4-11(10)6-19/h2-4,7-8H,5-6,16H2,1H3. The van der Waals surface area contributed by atoms with Gasteiger partial charge in [-0.25, -0.2) is 9.97 Å². The van der Waals surface area contributed by atoms with Gasteiger partial charge in [-0.2, -0.15) is 0 Å². The van der Waals surface area contributed by atoms with Crippen molar-refractivity contribution in [3.05, 3.63) is 46.6 Å². The minimum atomic E-state index is 0.824. The highest BCUT2D eigenvalue weighted by molar-refractivity contribution is 7.18. The zero-order chi connectivity index (χ0) is 13.7. The lowest BCUT2D eigenvalue weighted by Gasteiger charge is -2.16. The van der Waals surface area contributed by atoms with E-state index in [0.29, 0.717) is 0 Å². The first-order valence-electron chi connectivity index (χ1n) is 6.53. The first-order chi connectivity index (χ1) is 9.72. The molecule has 0 saturated carbocycles. The molecule has 0 unspecified atom stereocenters. The summed E-state index contributed by atoms with van der Waals surface area (Å²) in [6, 6.07) is 6.14. The molecule has 2 aromatic heterocycles. The molecular weight excluding hydrogens is 268 g/mol. The fourth-order valence-corrected chi connectivity index (χ4v) is 3.77. The van der Waals surface area contributed by atoms with Gasteiger partial charge >= 0.3 is 0 Å². The predicted octanol–water partition coefficient (Wildman–Crippen LogP) is 3.10. The van der Waals surface area contributed by atoms with Crippen LogP contribution in [0.25, 0.3) is 10.2 Å². The smallest absolute Gasteiger partial charge is 0.150 e. The van der Waals surface area contributed by atoms with Crippen LogP contribution < -0.4 is 10.6 Å². The normalized spacial score (nSPS) is 13.9. The Labute approximate surface area is 120 Å². The summed E-state index contributed by atoms with van der Waals surface area (Å²) in [6.07, 6.45) is 1.66. The van der Waals surface area contributed by atoms with Gasteiger partial charge in [-0.15, -0.1) is 11.3 Å². The second-order valence-corrected chi connectivity index (χ2v) is 6.06. The van der Waals surface area contributed by atoms with E-state index in [1.54, 1.807) is 17.7 Å². The van der Waals surface area contributed by atoms with E-state index in [9.17, 15) is 0 Å². The van der Waals surface area contributed by atoms with Crippen molar-refractivity contribution in [2.45, 2.75) is 20.0 Å². The number of benzene rings is 1. The third-order valence-corrected chi connectivity index (χ3v) is 4.85. The summed E-state index contributed by atoms with van der Waals surface area (Å²) in [6.45, 7) is 3.84. The Hall–Kier alpha value is -2.14. The van der Waals surface area contributed by atoms with E-state index in [-0.39, 0.29) is 0 Å². The third kappa shape index (κ3) is 1.67. The van der Waals surface area contributed by atoms with E-state index in [1.165, 1.54) is 21.4 Å². The SMILES string of the molecule is Cc1csc2c(N3Cc4ccc(N)cc4C3)ncnc12. The first kappa shape index (κ1) is 11.7. The summed E-state index contributed by atoms with van der Waals surface area (Å²) < 4.78 is 1.17. The number of anilines is 2. The molecule has 0 radical (unpaired) electrons. The van der Waals surface area contributed by atoms with Crippen molar-refractivity contribution in [2.24, 2.45) is 0 Å². The van der Waals surface area contributed by atoms with E-state index in [0.717, 1.165) is 30.1 Å². The second-order valence-electron chi connectivity index (χ2n) is 5.18.